The Bertz CT molecular complexity index is 1190. The van der Waals surface area contributed by atoms with Crippen molar-refractivity contribution in [3.63, 3.8) is 0 Å². The summed E-state index contributed by atoms with van der Waals surface area (Å²) in [5.74, 6) is 0.964. The third-order valence-electron chi connectivity index (χ3n) is 6.67. The van der Waals surface area contributed by atoms with Gasteiger partial charge in [0.1, 0.15) is 0 Å². The number of hydrogen-bond donors (Lipinski definition) is 0. The van der Waals surface area contributed by atoms with Crippen LogP contribution < -0.4 is 14.4 Å². The van der Waals surface area contributed by atoms with Crippen LogP contribution in [-0.4, -0.2) is 43.7 Å². The first kappa shape index (κ1) is 24.6. The van der Waals surface area contributed by atoms with Gasteiger partial charge in [0.15, 0.2) is 11.5 Å². The largest absolute Gasteiger partial charge is 0.493 e. The molecule has 0 aliphatic carbocycles. The molecule has 0 spiro atoms. The van der Waals surface area contributed by atoms with Crippen molar-refractivity contribution >= 4 is 11.6 Å². The summed E-state index contributed by atoms with van der Waals surface area (Å²) in [4.78, 5) is 18.3. The minimum Gasteiger partial charge on any atom is -0.493 e. The zero-order chi connectivity index (χ0) is 24.9. The predicted octanol–water partition coefficient (Wildman–Crippen LogP) is 6.40. The minimum absolute atomic E-state index is 0.0967. The van der Waals surface area contributed by atoms with E-state index < -0.39 is 0 Å². The highest BCUT2D eigenvalue weighted by molar-refractivity contribution is 6.09. The fourth-order valence-corrected chi connectivity index (χ4v) is 4.88. The molecule has 1 aliphatic rings. The van der Waals surface area contributed by atoms with Crippen LogP contribution in [0.3, 0.4) is 0 Å². The number of anilines is 1. The molecule has 1 aliphatic heterocycles. The first-order valence-electron chi connectivity index (χ1n) is 12.1. The zero-order valence-corrected chi connectivity index (χ0v) is 21.0. The normalized spacial score (nSPS) is 15.7. The molecule has 1 amide bonds. The van der Waals surface area contributed by atoms with E-state index in [1.165, 1.54) is 0 Å². The molecule has 0 saturated carbocycles. The van der Waals surface area contributed by atoms with Crippen molar-refractivity contribution in [3.05, 3.63) is 90.6 Å². The molecule has 0 N–H and O–H groups in total. The molecule has 0 unspecified atom stereocenters. The number of rotatable bonds is 8. The highest BCUT2D eigenvalue weighted by atomic mass is 16.5. The van der Waals surface area contributed by atoms with E-state index >= 15 is 0 Å². The first-order valence-corrected chi connectivity index (χ1v) is 12.1. The zero-order valence-electron chi connectivity index (χ0n) is 21.0. The van der Waals surface area contributed by atoms with Crippen LogP contribution in [0.2, 0.25) is 0 Å². The van der Waals surface area contributed by atoms with Crippen LogP contribution in [0, 0.1) is 0 Å². The number of amides is 1. The van der Waals surface area contributed by atoms with Gasteiger partial charge in [0.25, 0.3) is 5.91 Å². The number of hydrogen-bond acceptors (Lipinski definition) is 4. The van der Waals surface area contributed by atoms with Crippen LogP contribution >= 0.6 is 0 Å². The van der Waals surface area contributed by atoms with Gasteiger partial charge in [0, 0.05) is 23.0 Å². The SMILES string of the molecule is C=C([C@@H]1CCCN1C(C)C)N(C(=O)c1ccc(OC)c(OC)c1)c1cccc(-c2ccccc2)c1. The van der Waals surface area contributed by atoms with Gasteiger partial charge in [-0.3, -0.25) is 14.6 Å². The maximum atomic E-state index is 14.1. The molecular weight excluding hydrogens is 436 g/mol. The molecule has 1 saturated heterocycles. The number of methoxy groups -OCH3 is 2. The van der Waals surface area contributed by atoms with Gasteiger partial charge in [-0.05, 0) is 74.7 Å². The lowest BCUT2D eigenvalue weighted by molar-refractivity contribution is 0.0988. The lowest BCUT2D eigenvalue weighted by Gasteiger charge is -2.35. The summed E-state index contributed by atoms with van der Waals surface area (Å²) in [5, 5.41) is 0. The van der Waals surface area contributed by atoms with Gasteiger partial charge in [-0.1, -0.05) is 49.0 Å². The van der Waals surface area contributed by atoms with Crippen molar-refractivity contribution in [2.75, 3.05) is 25.7 Å². The van der Waals surface area contributed by atoms with E-state index in [0.29, 0.717) is 23.1 Å². The van der Waals surface area contributed by atoms with E-state index in [0.717, 1.165) is 41.9 Å². The summed E-state index contributed by atoms with van der Waals surface area (Å²) in [6, 6.07) is 24.0. The number of benzene rings is 3. The van der Waals surface area contributed by atoms with Crippen LogP contribution in [0.15, 0.2) is 85.1 Å². The lowest BCUT2D eigenvalue weighted by Crippen LogP contribution is -2.43. The summed E-state index contributed by atoms with van der Waals surface area (Å²) in [6.07, 6.45) is 2.06. The average molecular weight is 471 g/mol. The van der Waals surface area contributed by atoms with Crippen molar-refractivity contribution in [3.8, 4) is 22.6 Å². The second-order valence-electron chi connectivity index (χ2n) is 9.11. The average Bonchev–Trinajstić information content (AvgIpc) is 3.39. The monoisotopic (exact) mass is 470 g/mol. The number of likely N-dealkylation sites (tertiary alicyclic amines) is 1. The smallest absolute Gasteiger partial charge is 0.262 e. The van der Waals surface area contributed by atoms with E-state index in [1.54, 1.807) is 37.3 Å². The number of ether oxygens (including phenoxy) is 2. The van der Waals surface area contributed by atoms with Gasteiger partial charge >= 0.3 is 0 Å². The summed E-state index contributed by atoms with van der Waals surface area (Å²) in [6.45, 7) is 9.88. The van der Waals surface area contributed by atoms with Crippen LogP contribution in [-0.2, 0) is 0 Å². The topological polar surface area (TPSA) is 42.0 Å². The van der Waals surface area contributed by atoms with Crippen molar-refractivity contribution in [1.82, 2.24) is 4.90 Å². The van der Waals surface area contributed by atoms with Crippen molar-refractivity contribution in [2.24, 2.45) is 0 Å². The Labute approximate surface area is 208 Å². The molecule has 5 nitrogen and oxygen atoms in total. The predicted molar refractivity (Wildman–Crippen MR) is 142 cm³/mol. The molecule has 3 aromatic rings. The van der Waals surface area contributed by atoms with Gasteiger partial charge in [-0.25, -0.2) is 0 Å². The Hall–Kier alpha value is -3.57. The molecule has 1 atom stereocenters. The molecule has 0 aromatic heterocycles. The molecule has 1 fully saturated rings. The quantitative estimate of drug-likeness (QED) is 0.382. The third kappa shape index (κ3) is 5.10. The standard InChI is InChI=1S/C30H34N2O3/c1-21(2)31-18-10-15-27(31)22(3)32(30(33)25-16-17-28(34-4)29(20-25)35-5)26-14-9-13-24(19-26)23-11-7-6-8-12-23/h6-9,11-14,16-17,19-21,27H,3,10,15,18H2,1-2,4-5H3/t27-/m0/s1. The second kappa shape index (κ2) is 10.8. The van der Waals surface area contributed by atoms with Crippen molar-refractivity contribution in [1.29, 1.82) is 0 Å². The molecule has 35 heavy (non-hydrogen) atoms. The lowest BCUT2D eigenvalue weighted by atomic mass is 10.0. The Kier molecular flexibility index (Phi) is 7.57. The maximum absolute atomic E-state index is 14.1. The van der Waals surface area contributed by atoms with Crippen molar-refractivity contribution < 1.29 is 14.3 Å². The van der Waals surface area contributed by atoms with Gasteiger partial charge < -0.3 is 9.47 Å². The van der Waals surface area contributed by atoms with Gasteiger partial charge in [0.05, 0.1) is 20.3 Å². The van der Waals surface area contributed by atoms with Crippen LogP contribution in [0.1, 0.15) is 37.0 Å². The number of nitrogens with zero attached hydrogens (tertiary/aromatic N) is 2. The van der Waals surface area contributed by atoms with E-state index in [4.69, 9.17) is 9.47 Å². The summed E-state index contributed by atoms with van der Waals surface area (Å²) < 4.78 is 10.8. The molecule has 4 rings (SSSR count). The van der Waals surface area contributed by atoms with E-state index in [-0.39, 0.29) is 11.9 Å². The first-order chi connectivity index (χ1) is 16.9. The molecule has 182 valence electrons. The number of carbonyl (C=O) groups excluding carboxylic acids is 1. The van der Waals surface area contributed by atoms with E-state index in [9.17, 15) is 4.79 Å². The van der Waals surface area contributed by atoms with Crippen LogP contribution in [0.5, 0.6) is 11.5 Å². The maximum Gasteiger partial charge on any atom is 0.262 e. The Morgan fingerprint density at radius 1 is 0.943 bits per heavy atom. The molecule has 1 heterocycles. The van der Waals surface area contributed by atoms with Gasteiger partial charge in [-0.2, -0.15) is 0 Å². The molecule has 0 radical (unpaired) electrons. The Balaban J connectivity index is 1.79. The third-order valence-corrected chi connectivity index (χ3v) is 6.67. The fraction of sp³-hybridized carbons (Fsp3) is 0.300. The minimum atomic E-state index is -0.142. The van der Waals surface area contributed by atoms with Gasteiger partial charge in [0.2, 0.25) is 0 Å². The Morgan fingerprint density at radius 2 is 1.66 bits per heavy atom. The van der Waals surface area contributed by atoms with Crippen LogP contribution in [0.4, 0.5) is 5.69 Å². The van der Waals surface area contributed by atoms with Crippen LogP contribution in [0.25, 0.3) is 11.1 Å². The summed E-state index contributed by atoms with van der Waals surface area (Å²) in [5.41, 5.74) is 4.26. The molecule has 0 bridgehead atoms. The number of carbonyl (C=O) groups is 1. The van der Waals surface area contributed by atoms with Crippen molar-refractivity contribution in [2.45, 2.75) is 38.8 Å². The molecular formula is C30H34N2O3. The Morgan fingerprint density at radius 3 is 2.34 bits per heavy atom. The highest BCUT2D eigenvalue weighted by Gasteiger charge is 2.34. The summed E-state index contributed by atoms with van der Waals surface area (Å²) >= 11 is 0. The highest BCUT2D eigenvalue weighted by Crippen LogP contribution is 2.35. The fourth-order valence-electron chi connectivity index (χ4n) is 4.88. The summed E-state index contributed by atoms with van der Waals surface area (Å²) in [7, 11) is 3.16. The molecule has 5 heteroatoms. The van der Waals surface area contributed by atoms with E-state index in [1.807, 2.05) is 30.3 Å². The van der Waals surface area contributed by atoms with E-state index in [2.05, 4.69) is 49.6 Å². The second-order valence-corrected chi connectivity index (χ2v) is 9.11. The van der Waals surface area contributed by atoms with Gasteiger partial charge in [-0.15, -0.1) is 0 Å². The molecule has 3 aromatic carbocycles.